The zero-order valence-electron chi connectivity index (χ0n) is 5.66. The van der Waals surface area contributed by atoms with E-state index in [-0.39, 0.29) is 0 Å². The zero-order chi connectivity index (χ0) is 8.27. The Labute approximate surface area is 69.9 Å². The van der Waals surface area contributed by atoms with Crippen molar-refractivity contribution in [2.24, 2.45) is 0 Å². The van der Waals surface area contributed by atoms with E-state index in [1.54, 1.807) is 24.3 Å². The highest BCUT2D eigenvalue weighted by Gasteiger charge is 2.09. The molecular formula is C6H7BClNO2. The molecule has 0 atom stereocenters. The molecule has 0 unspecified atom stereocenters. The highest BCUT2D eigenvalue weighted by atomic mass is 35.5. The van der Waals surface area contributed by atoms with E-state index in [1.807, 2.05) is 0 Å². The van der Waals surface area contributed by atoms with E-state index in [9.17, 15) is 0 Å². The van der Waals surface area contributed by atoms with Crippen molar-refractivity contribution in [1.29, 1.82) is 0 Å². The summed E-state index contributed by atoms with van der Waals surface area (Å²) in [5.74, 6) is 0. The molecule has 0 aliphatic heterocycles. The van der Waals surface area contributed by atoms with Crippen LogP contribution in [0.1, 0.15) is 0 Å². The minimum absolute atomic E-state index is 0.413. The summed E-state index contributed by atoms with van der Waals surface area (Å²) in [4.78, 5) is 2.37. The van der Waals surface area contributed by atoms with Crippen LogP contribution in [0.2, 0.25) is 0 Å². The second-order valence-corrected chi connectivity index (χ2v) is 2.28. The Morgan fingerprint density at radius 2 is 2.09 bits per heavy atom. The Bertz CT molecular complexity index is 244. The van der Waals surface area contributed by atoms with E-state index in [0.717, 1.165) is 0 Å². The molecule has 5 heteroatoms. The van der Waals surface area contributed by atoms with Crippen molar-refractivity contribution in [2.45, 2.75) is 0 Å². The minimum Gasteiger partial charge on any atom is -0.423 e. The van der Waals surface area contributed by atoms with Gasteiger partial charge in [0.15, 0.2) is 0 Å². The number of hydrogen-bond acceptors (Lipinski definition) is 3. The zero-order valence-corrected chi connectivity index (χ0v) is 6.42. The number of nitrogens with one attached hydrogen (secondary N) is 1. The predicted molar refractivity (Wildman–Crippen MR) is 45.7 cm³/mol. The fourth-order valence-corrected chi connectivity index (χ4v) is 0.876. The van der Waals surface area contributed by atoms with Gasteiger partial charge in [0, 0.05) is 17.5 Å². The molecule has 0 radical (unpaired) electrons. The first-order valence-electron chi connectivity index (χ1n) is 3.07. The maximum atomic E-state index is 8.73. The van der Waals surface area contributed by atoms with E-state index >= 15 is 0 Å². The monoisotopic (exact) mass is 171 g/mol. The van der Waals surface area contributed by atoms with Crippen LogP contribution < -0.4 is 10.3 Å². The van der Waals surface area contributed by atoms with Crippen LogP contribution in [0.3, 0.4) is 0 Å². The van der Waals surface area contributed by atoms with Gasteiger partial charge >= 0.3 is 7.12 Å². The maximum absolute atomic E-state index is 8.73. The Balaban J connectivity index is 2.91. The van der Waals surface area contributed by atoms with Crippen LogP contribution in [0.4, 0.5) is 5.69 Å². The van der Waals surface area contributed by atoms with E-state index < -0.39 is 7.12 Å². The largest absolute Gasteiger partial charge is 0.488 e. The van der Waals surface area contributed by atoms with Crippen LogP contribution in [-0.2, 0) is 0 Å². The first-order valence-corrected chi connectivity index (χ1v) is 3.44. The van der Waals surface area contributed by atoms with Crippen LogP contribution in [-0.4, -0.2) is 17.2 Å². The smallest absolute Gasteiger partial charge is 0.423 e. The van der Waals surface area contributed by atoms with Crippen molar-refractivity contribution in [2.75, 3.05) is 4.84 Å². The third kappa shape index (κ3) is 2.11. The fraction of sp³-hybridized carbons (Fsp3) is 0. The summed E-state index contributed by atoms with van der Waals surface area (Å²) >= 11 is 5.29. The van der Waals surface area contributed by atoms with Crippen molar-refractivity contribution >= 4 is 30.0 Å². The molecule has 1 aromatic carbocycles. The summed E-state index contributed by atoms with van der Waals surface area (Å²) in [6.45, 7) is 0. The van der Waals surface area contributed by atoms with Crippen LogP contribution in [0, 0.1) is 0 Å². The lowest BCUT2D eigenvalue weighted by Gasteiger charge is -2.00. The summed E-state index contributed by atoms with van der Waals surface area (Å²) in [5, 5.41) is 17.5. The average molecular weight is 171 g/mol. The lowest BCUT2D eigenvalue weighted by Crippen LogP contribution is -2.29. The maximum Gasteiger partial charge on any atom is 0.488 e. The quantitative estimate of drug-likeness (QED) is 0.431. The van der Waals surface area contributed by atoms with Crippen molar-refractivity contribution in [1.82, 2.24) is 0 Å². The number of rotatable bonds is 2. The summed E-state index contributed by atoms with van der Waals surface area (Å²) in [6.07, 6.45) is 0. The lowest BCUT2D eigenvalue weighted by atomic mass is 9.80. The molecule has 1 rings (SSSR count). The van der Waals surface area contributed by atoms with Gasteiger partial charge in [-0.05, 0) is 17.6 Å². The molecule has 0 aliphatic rings. The van der Waals surface area contributed by atoms with E-state index in [2.05, 4.69) is 4.84 Å². The topological polar surface area (TPSA) is 52.5 Å². The second kappa shape index (κ2) is 3.62. The highest BCUT2D eigenvalue weighted by Crippen LogP contribution is 2.04. The highest BCUT2D eigenvalue weighted by molar-refractivity contribution is 6.58. The molecule has 0 saturated carbocycles. The summed E-state index contributed by atoms with van der Waals surface area (Å²) in [6, 6.07) is 6.55. The van der Waals surface area contributed by atoms with E-state index in [0.29, 0.717) is 11.2 Å². The van der Waals surface area contributed by atoms with E-state index in [1.165, 1.54) is 0 Å². The molecule has 0 saturated heterocycles. The normalized spacial score (nSPS) is 9.36. The van der Waals surface area contributed by atoms with Crippen LogP contribution in [0.25, 0.3) is 0 Å². The molecule has 3 N–H and O–H groups in total. The van der Waals surface area contributed by atoms with E-state index in [4.69, 9.17) is 21.8 Å². The summed E-state index contributed by atoms with van der Waals surface area (Å²) in [5.41, 5.74) is 1.05. The third-order valence-electron chi connectivity index (χ3n) is 1.29. The number of hydrogen-bond donors (Lipinski definition) is 3. The Hall–Kier alpha value is -0.705. The van der Waals surface area contributed by atoms with Crippen molar-refractivity contribution in [3.05, 3.63) is 24.3 Å². The van der Waals surface area contributed by atoms with Crippen molar-refractivity contribution in [3.8, 4) is 0 Å². The van der Waals surface area contributed by atoms with Crippen LogP contribution in [0.15, 0.2) is 24.3 Å². The lowest BCUT2D eigenvalue weighted by molar-refractivity contribution is 0.426. The Morgan fingerprint density at radius 1 is 1.36 bits per heavy atom. The van der Waals surface area contributed by atoms with Gasteiger partial charge in [0.05, 0.1) is 0 Å². The van der Waals surface area contributed by atoms with Gasteiger partial charge in [0.1, 0.15) is 0 Å². The molecular weight excluding hydrogens is 164 g/mol. The fourth-order valence-electron chi connectivity index (χ4n) is 0.758. The number of benzene rings is 1. The number of halogens is 1. The van der Waals surface area contributed by atoms with Crippen LogP contribution >= 0.6 is 11.8 Å². The van der Waals surface area contributed by atoms with Gasteiger partial charge in [-0.1, -0.05) is 12.1 Å². The molecule has 1 aromatic rings. The Kier molecular flexibility index (Phi) is 2.76. The molecule has 11 heavy (non-hydrogen) atoms. The van der Waals surface area contributed by atoms with Gasteiger partial charge in [-0.2, -0.15) is 0 Å². The molecule has 0 spiro atoms. The minimum atomic E-state index is -1.44. The molecule has 0 bridgehead atoms. The first-order chi connectivity index (χ1) is 5.24. The molecule has 3 nitrogen and oxygen atoms in total. The van der Waals surface area contributed by atoms with Gasteiger partial charge in [-0.25, -0.2) is 0 Å². The molecule has 58 valence electrons. The SMILES string of the molecule is OB(O)c1cccc(NCl)c1. The molecule has 0 heterocycles. The second-order valence-electron chi connectivity index (χ2n) is 2.09. The van der Waals surface area contributed by atoms with Gasteiger partial charge in [0.2, 0.25) is 0 Å². The molecule has 0 amide bonds. The Morgan fingerprint density at radius 3 is 2.64 bits per heavy atom. The average Bonchev–Trinajstić information content (AvgIpc) is 2.05. The summed E-state index contributed by atoms with van der Waals surface area (Å²) < 4.78 is 0. The van der Waals surface area contributed by atoms with Gasteiger partial charge < -0.3 is 10.0 Å². The molecule has 0 aliphatic carbocycles. The predicted octanol–water partition coefficient (Wildman–Crippen LogP) is -0.0679. The van der Waals surface area contributed by atoms with Crippen molar-refractivity contribution < 1.29 is 10.0 Å². The first kappa shape index (κ1) is 8.39. The third-order valence-corrected chi connectivity index (χ3v) is 1.51. The van der Waals surface area contributed by atoms with Crippen LogP contribution in [0.5, 0.6) is 0 Å². The molecule has 0 fully saturated rings. The molecule has 0 aromatic heterocycles. The van der Waals surface area contributed by atoms with Gasteiger partial charge in [0.25, 0.3) is 0 Å². The van der Waals surface area contributed by atoms with Gasteiger partial charge in [-0.3, -0.25) is 4.84 Å². The standard InChI is InChI=1S/C6H7BClNO2/c8-9-6-3-1-2-5(4-6)7(10)11/h1-4,9-11H. The summed E-state index contributed by atoms with van der Waals surface area (Å²) in [7, 11) is -1.44. The van der Waals surface area contributed by atoms with Gasteiger partial charge in [-0.15, -0.1) is 0 Å². The number of anilines is 1. The van der Waals surface area contributed by atoms with Crippen molar-refractivity contribution in [3.63, 3.8) is 0 Å².